The first-order valence-electron chi connectivity index (χ1n) is 11.3. The monoisotopic (exact) mass is 429 g/mol. The van der Waals surface area contributed by atoms with E-state index < -0.39 is 5.82 Å². The molecule has 1 aromatic carbocycles. The van der Waals surface area contributed by atoms with Crippen molar-refractivity contribution in [3.63, 3.8) is 0 Å². The first-order chi connectivity index (χ1) is 14.6. The third-order valence-corrected chi connectivity index (χ3v) is 7.57. The van der Waals surface area contributed by atoms with Crippen molar-refractivity contribution in [2.24, 2.45) is 5.92 Å². The normalized spacial score (nSPS) is 26.3. The maximum atomic E-state index is 13.8. The van der Waals surface area contributed by atoms with E-state index in [-0.39, 0.29) is 16.8 Å². The Bertz CT molecular complexity index is 1040. The molecule has 0 amide bonds. The van der Waals surface area contributed by atoms with E-state index in [9.17, 15) is 9.18 Å². The summed E-state index contributed by atoms with van der Waals surface area (Å²) in [7, 11) is 0. The Morgan fingerprint density at radius 2 is 1.90 bits per heavy atom. The highest BCUT2D eigenvalue weighted by molar-refractivity contribution is 6.31. The van der Waals surface area contributed by atoms with Gasteiger partial charge in [0.1, 0.15) is 5.82 Å². The Balaban J connectivity index is 1.28. The number of aromatic amines is 1. The maximum Gasteiger partial charge on any atom is 0.326 e. The molecule has 2 unspecified atom stereocenters. The molecule has 4 nitrogen and oxygen atoms in total. The number of hydrogen-bond acceptors (Lipinski definition) is 2. The Labute approximate surface area is 181 Å². The van der Waals surface area contributed by atoms with Crippen LogP contribution in [-0.2, 0) is 0 Å². The molecule has 3 aliphatic rings. The van der Waals surface area contributed by atoms with Crippen molar-refractivity contribution in [2.75, 3.05) is 13.1 Å². The summed E-state index contributed by atoms with van der Waals surface area (Å²) < 4.78 is 15.6. The topological polar surface area (TPSA) is 41.0 Å². The van der Waals surface area contributed by atoms with E-state index in [0.717, 1.165) is 25.9 Å². The Kier molecular flexibility index (Phi) is 5.59. The van der Waals surface area contributed by atoms with Crippen molar-refractivity contribution in [3.8, 4) is 0 Å². The number of H-pyrrole nitrogens is 1. The second-order valence-electron chi connectivity index (χ2n) is 9.05. The van der Waals surface area contributed by atoms with Crippen LogP contribution in [0.25, 0.3) is 11.0 Å². The van der Waals surface area contributed by atoms with Gasteiger partial charge in [0.2, 0.25) is 0 Å². The van der Waals surface area contributed by atoms with Gasteiger partial charge >= 0.3 is 5.69 Å². The third-order valence-electron chi connectivity index (χ3n) is 7.28. The fraction of sp³-hybridized carbons (Fsp3) is 0.542. The van der Waals surface area contributed by atoms with Gasteiger partial charge in [-0.1, -0.05) is 36.2 Å². The van der Waals surface area contributed by atoms with Gasteiger partial charge in [-0.25, -0.2) is 9.18 Å². The predicted molar refractivity (Wildman–Crippen MR) is 120 cm³/mol. The van der Waals surface area contributed by atoms with Gasteiger partial charge in [-0.2, -0.15) is 0 Å². The molecule has 2 aromatic rings. The molecule has 2 aliphatic carbocycles. The number of fused-ring (bicyclic) bond motifs is 1. The van der Waals surface area contributed by atoms with Crippen LogP contribution < -0.4 is 5.69 Å². The highest BCUT2D eigenvalue weighted by Crippen LogP contribution is 2.36. The van der Waals surface area contributed by atoms with Gasteiger partial charge < -0.3 is 9.88 Å². The lowest BCUT2D eigenvalue weighted by Crippen LogP contribution is -2.45. The van der Waals surface area contributed by atoms with Crippen LogP contribution in [0.3, 0.4) is 0 Å². The van der Waals surface area contributed by atoms with Gasteiger partial charge in [0.15, 0.2) is 0 Å². The lowest BCUT2D eigenvalue weighted by atomic mass is 9.78. The Hall–Kier alpha value is -1.85. The average molecular weight is 430 g/mol. The number of nitrogens with one attached hydrogen (secondary N) is 1. The van der Waals surface area contributed by atoms with Crippen LogP contribution in [0.1, 0.15) is 57.4 Å². The molecule has 5 rings (SSSR count). The van der Waals surface area contributed by atoms with Crippen LogP contribution in [0.5, 0.6) is 0 Å². The summed E-state index contributed by atoms with van der Waals surface area (Å²) in [5.41, 5.74) is 2.61. The van der Waals surface area contributed by atoms with E-state index in [2.05, 4.69) is 28.1 Å². The molecule has 0 spiro atoms. The number of nitrogens with zero attached hydrogens (tertiary/aromatic N) is 2. The number of allylic oxidation sites excluding steroid dienone is 4. The van der Waals surface area contributed by atoms with Gasteiger partial charge in [-0.3, -0.25) is 4.57 Å². The summed E-state index contributed by atoms with van der Waals surface area (Å²) in [6, 6.07) is 3.67. The van der Waals surface area contributed by atoms with Crippen molar-refractivity contribution in [1.82, 2.24) is 14.5 Å². The van der Waals surface area contributed by atoms with E-state index >= 15 is 0 Å². The van der Waals surface area contributed by atoms with Gasteiger partial charge in [0.25, 0.3) is 0 Å². The number of benzene rings is 1. The number of likely N-dealkylation sites (tertiary alicyclic amines) is 1. The van der Waals surface area contributed by atoms with E-state index in [4.69, 9.17) is 11.6 Å². The minimum Gasteiger partial charge on any atom is -0.305 e. The third kappa shape index (κ3) is 3.78. The number of rotatable bonds is 3. The van der Waals surface area contributed by atoms with Gasteiger partial charge in [0.05, 0.1) is 16.1 Å². The molecule has 2 fully saturated rings. The summed E-state index contributed by atoms with van der Waals surface area (Å²) in [6.07, 6.45) is 16.5. The minimum atomic E-state index is -0.498. The zero-order valence-electron chi connectivity index (χ0n) is 17.2. The Morgan fingerprint density at radius 1 is 1.07 bits per heavy atom. The zero-order valence-corrected chi connectivity index (χ0v) is 18.0. The Morgan fingerprint density at radius 3 is 2.67 bits per heavy atom. The van der Waals surface area contributed by atoms with Crippen molar-refractivity contribution in [1.29, 1.82) is 0 Å². The molecule has 0 radical (unpaired) electrons. The van der Waals surface area contributed by atoms with Gasteiger partial charge in [-0.05, 0) is 62.5 Å². The fourth-order valence-corrected chi connectivity index (χ4v) is 5.89. The van der Waals surface area contributed by atoms with Crippen LogP contribution in [0.15, 0.2) is 40.7 Å². The molecule has 1 saturated carbocycles. The second-order valence-corrected chi connectivity index (χ2v) is 9.46. The summed E-state index contributed by atoms with van der Waals surface area (Å²) >= 11 is 5.99. The summed E-state index contributed by atoms with van der Waals surface area (Å²) in [4.78, 5) is 18.0. The van der Waals surface area contributed by atoms with Crippen molar-refractivity contribution in [2.45, 2.75) is 63.5 Å². The number of imidazole rings is 1. The smallest absolute Gasteiger partial charge is 0.305 e. The SMILES string of the molecule is O=c1[nH]c2cc(F)c(Cl)cc2n1C1CCN(C2CCCC(C3=CCCC=C3)C2)CC1. The first kappa shape index (κ1) is 20.1. The number of halogens is 2. The number of hydrogen-bond donors (Lipinski definition) is 1. The zero-order chi connectivity index (χ0) is 20.7. The molecular weight excluding hydrogens is 401 g/mol. The molecule has 6 heteroatoms. The van der Waals surface area contributed by atoms with Crippen LogP contribution in [0.2, 0.25) is 5.02 Å². The van der Waals surface area contributed by atoms with E-state index in [1.807, 2.05) is 0 Å². The van der Waals surface area contributed by atoms with E-state index in [1.54, 1.807) is 16.2 Å². The molecule has 160 valence electrons. The molecule has 2 heterocycles. The molecule has 1 aliphatic heterocycles. The molecule has 30 heavy (non-hydrogen) atoms. The fourth-order valence-electron chi connectivity index (χ4n) is 5.73. The lowest BCUT2D eigenvalue weighted by molar-refractivity contribution is 0.0977. The quantitative estimate of drug-likeness (QED) is 0.690. The van der Waals surface area contributed by atoms with E-state index in [0.29, 0.717) is 23.0 Å². The molecule has 1 saturated heterocycles. The van der Waals surface area contributed by atoms with Gasteiger partial charge in [-0.15, -0.1) is 0 Å². The molecule has 1 N–H and O–H groups in total. The van der Waals surface area contributed by atoms with Crippen LogP contribution in [0, 0.1) is 11.7 Å². The van der Waals surface area contributed by atoms with Crippen molar-refractivity contribution in [3.05, 3.63) is 57.3 Å². The molecule has 0 bridgehead atoms. The van der Waals surface area contributed by atoms with Crippen LogP contribution in [0.4, 0.5) is 4.39 Å². The van der Waals surface area contributed by atoms with Crippen LogP contribution >= 0.6 is 11.6 Å². The molecular formula is C24H29ClFN3O. The summed E-state index contributed by atoms with van der Waals surface area (Å²) in [5, 5.41) is 0.0620. The van der Waals surface area contributed by atoms with Gasteiger partial charge in [0, 0.05) is 31.2 Å². The highest BCUT2D eigenvalue weighted by Gasteiger charge is 2.32. The minimum absolute atomic E-state index is 0.0620. The summed E-state index contributed by atoms with van der Waals surface area (Å²) in [6.45, 7) is 2.01. The average Bonchev–Trinajstić information content (AvgIpc) is 3.09. The largest absolute Gasteiger partial charge is 0.326 e. The maximum absolute atomic E-state index is 13.8. The first-order valence-corrected chi connectivity index (χ1v) is 11.7. The van der Waals surface area contributed by atoms with Crippen molar-refractivity contribution < 1.29 is 4.39 Å². The molecule has 1 aromatic heterocycles. The standard InChI is InChI=1S/C24H29ClFN3O/c25-20-14-23-22(15-21(20)26)27-24(30)29(23)18-9-11-28(12-10-18)19-8-4-7-17(13-19)16-5-2-1-3-6-16/h2,5-6,14-15,17-19H,1,3-4,7-13H2,(H,27,30). The van der Waals surface area contributed by atoms with E-state index in [1.165, 1.54) is 44.6 Å². The molecule has 2 atom stereocenters. The summed E-state index contributed by atoms with van der Waals surface area (Å²) in [5.74, 6) is 0.202. The predicted octanol–water partition coefficient (Wildman–Crippen LogP) is 5.59. The second kappa shape index (κ2) is 8.35. The van der Waals surface area contributed by atoms with Crippen LogP contribution in [-0.4, -0.2) is 33.6 Å². The number of piperidine rings is 1. The lowest BCUT2D eigenvalue weighted by Gasteiger charge is -2.42. The number of aromatic nitrogens is 2. The highest BCUT2D eigenvalue weighted by atomic mass is 35.5. The van der Waals surface area contributed by atoms with Crippen molar-refractivity contribution >= 4 is 22.6 Å².